The smallest absolute Gasteiger partial charge is 0.355 e. The third-order valence-electron chi connectivity index (χ3n) is 7.83. The summed E-state index contributed by atoms with van der Waals surface area (Å²) in [6, 6.07) is 9.24. The largest absolute Gasteiger partial charge is 0.363 e. The number of piperazine rings is 1. The van der Waals surface area contributed by atoms with E-state index in [2.05, 4.69) is 14.8 Å². The summed E-state index contributed by atoms with van der Waals surface area (Å²) in [5.41, 5.74) is 2.11. The lowest BCUT2D eigenvalue weighted by atomic mass is 10.0. The van der Waals surface area contributed by atoms with Crippen molar-refractivity contribution >= 4 is 34.4 Å². The van der Waals surface area contributed by atoms with Crippen molar-refractivity contribution in [1.82, 2.24) is 24.4 Å². The van der Waals surface area contributed by atoms with Crippen LogP contribution in [0, 0.1) is 19.3 Å². The van der Waals surface area contributed by atoms with Gasteiger partial charge in [-0.1, -0.05) is 37.6 Å². The normalized spacial score (nSPS) is 18.3. The monoisotopic (exact) mass is 601 g/mol. The average molecular weight is 602 g/mol. The second kappa shape index (κ2) is 11.4. The van der Waals surface area contributed by atoms with Gasteiger partial charge in [0, 0.05) is 31.4 Å². The van der Waals surface area contributed by atoms with Gasteiger partial charge < -0.3 is 19.4 Å². The van der Waals surface area contributed by atoms with Gasteiger partial charge in [-0.3, -0.25) is 9.78 Å². The highest BCUT2D eigenvalue weighted by Gasteiger charge is 2.41. The van der Waals surface area contributed by atoms with Crippen LogP contribution in [0.2, 0.25) is 5.02 Å². The fourth-order valence-electron chi connectivity index (χ4n) is 5.65. The van der Waals surface area contributed by atoms with Crippen molar-refractivity contribution in [3.8, 4) is 16.9 Å². The summed E-state index contributed by atoms with van der Waals surface area (Å²) in [5.74, 6) is -0.315. The second-order valence-corrected chi connectivity index (χ2v) is 11.4. The topological polar surface area (TPSA) is 101 Å². The van der Waals surface area contributed by atoms with Crippen LogP contribution in [-0.4, -0.2) is 75.3 Å². The zero-order valence-corrected chi connectivity index (χ0v) is 24.7. The number of aromatic nitrogens is 4. The van der Waals surface area contributed by atoms with E-state index in [0.717, 1.165) is 5.56 Å². The number of aryl methyl sites for hydroxylation is 1. The third kappa shape index (κ3) is 5.21. The van der Waals surface area contributed by atoms with Crippen LogP contribution >= 0.6 is 11.6 Å². The lowest BCUT2D eigenvalue weighted by Crippen LogP contribution is -2.57. The first-order chi connectivity index (χ1) is 20.7. The second-order valence-electron chi connectivity index (χ2n) is 11.0. The van der Waals surface area contributed by atoms with Crippen molar-refractivity contribution < 1.29 is 13.9 Å². The Kier molecular flexibility index (Phi) is 7.58. The summed E-state index contributed by atoms with van der Waals surface area (Å²) in [5, 5.41) is 0.671. The number of ether oxygens (including phenoxy) is 1. The van der Waals surface area contributed by atoms with E-state index in [1.807, 2.05) is 31.7 Å². The Morgan fingerprint density at radius 1 is 1.23 bits per heavy atom. The molecule has 220 valence electrons. The molecule has 2 atom stereocenters. The van der Waals surface area contributed by atoms with Crippen molar-refractivity contribution in [2.45, 2.75) is 38.8 Å². The van der Waals surface area contributed by atoms with Crippen molar-refractivity contribution in [2.24, 2.45) is 0 Å². The molecule has 2 aliphatic rings. The number of fused-ring (bicyclic) bond motifs is 1. The molecule has 2 saturated heterocycles. The van der Waals surface area contributed by atoms with E-state index in [0.29, 0.717) is 42.3 Å². The van der Waals surface area contributed by atoms with E-state index >= 15 is 0 Å². The number of carbonyl (C=O) groups is 1. The minimum atomic E-state index is -0.582. The highest BCUT2D eigenvalue weighted by molar-refractivity contribution is 6.33. The Morgan fingerprint density at radius 3 is 2.70 bits per heavy atom. The molecule has 12 heteroatoms. The number of carbonyl (C=O) groups excluding carboxylic acids is 1. The molecule has 0 bridgehead atoms. The molecule has 0 saturated carbocycles. The molecule has 2 fully saturated rings. The molecule has 3 aromatic heterocycles. The van der Waals surface area contributed by atoms with Crippen molar-refractivity contribution in [2.75, 3.05) is 37.7 Å². The standard InChI is InChI=1S/C31H29ClFN7O3/c1-17(2)25-27(18(3)9-10-35-25)40-29-21(13-22(32)26(36-29)20-7-5-6-8-23(20)33)28(37-31(40)42)38-11-12-39(19(15-38)14-34-4)30(41)24-16-43-24/h5-10,13,17,19,24H,11-12,14-16H2,1-3H3/t19-,24?/m0/s1. The van der Waals surface area contributed by atoms with Gasteiger partial charge in [0.1, 0.15) is 17.7 Å². The molecule has 1 aromatic carbocycles. The fourth-order valence-corrected chi connectivity index (χ4v) is 5.90. The van der Waals surface area contributed by atoms with Crippen LogP contribution in [0.1, 0.15) is 31.0 Å². The summed E-state index contributed by atoms with van der Waals surface area (Å²) in [4.78, 5) is 48.0. The number of rotatable bonds is 6. The number of amides is 1. The van der Waals surface area contributed by atoms with E-state index in [4.69, 9.17) is 27.9 Å². The molecule has 1 unspecified atom stereocenters. The minimum Gasteiger partial charge on any atom is -0.363 e. The molecule has 6 rings (SSSR count). The molecule has 0 spiro atoms. The van der Waals surface area contributed by atoms with Crippen LogP contribution < -0.4 is 10.6 Å². The van der Waals surface area contributed by atoms with Gasteiger partial charge in [0.2, 0.25) is 6.54 Å². The van der Waals surface area contributed by atoms with Gasteiger partial charge in [-0.2, -0.15) is 4.98 Å². The average Bonchev–Trinajstić information content (AvgIpc) is 3.83. The SMILES string of the molecule is [C-]#[N+]C[C@H]1CN(c2nc(=O)n(-c3c(C)ccnc3C(C)C)c3nc(-c4ccccc4F)c(Cl)cc23)CCN1C(=O)C1CO1. The van der Waals surface area contributed by atoms with Gasteiger partial charge in [-0.15, -0.1) is 0 Å². The predicted molar refractivity (Wildman–Crippen MR) is 161 cm³/mol. The van der Waals surface area contributed by atoms with Gasteiger partial charge >= 0.3 is 5.69 Å². The number of nitrogens with zero attached hydrogens (tertiary/aromatic N) is 7. The van der Waals surface area contributed by atoms with Crippen LogP contribution in [0.3, 0.4) is 0 Å². The Labute approximate surface area is 252 Å². The maximum Gasteiger partial charge on any atom is 0.355 e. The Hall–Kier alpha value is -4.40. The summed E-state index contributed by atoms with van der Waals surface area (Å²) in [7, 11) is 0. The first-order valence-corrected chi connectivity index (χ1v) is 14.4. The predicted octanol–water partition coefficient (Wildman–Crippen LogP) is 4.40. The van der Waals surface area contributed by atoms with Crippen LogP contribution in [0.15, 0.2) is 47.4 Å². The number of anilines is 1. The van der Waals surface area contributed by atoms with Crippen molar-refractivity contribution in [1.29, 1.82) is 0 Å². The van der Waals surface area contributed by atoms with E-state index in [9.17, 15) is 14.0 Å². The molecular weight excluding hydrogens is 573 g/mol. The molecule has 5 heterocycles. The van der Waals surface area contributed by atoms with Crippen molar-refractivity contribution in [3.63, 3.8) is 0 Å². The quantitative estimate of drug-likeness (QED) is 0.238. The Bertz CT molecular complexity index is 1850. The molecule has 0 aliphatic carbocycles. The van der Waals surface area contributed by atoms with Crippen LogP contribution in [-0.2, 0) is 9.53 Å². The first-order valence-electron chi connectivity index (χ1n) is 14.0. The van der Waals surface area contributed by atoms with Gasteiger partial charge in [0.05, 0.1) is 34.1 Å². The van der Waals surface area contributed by atoms with E-state index in [1.165, 1.54) is 10.6 Å². The Morgan fingerprint density at radius 2 is 2.00 bits per heavy atom. The number of pyridine rings is 2. The van der Waals surface area contributed by atoms with E-state index in [1.54, 1.807) is 35.4 Å². The Balaban J connectivity index is 1.57. The fraction of sp³-hybridized carbons (Fsp3) is 0.355. The highest BCUT2D eigenvalue weighted by atomic mass is 35.5. The molecule has 0 radical (unpaired) electrons. The number of benzene rings is 1. The third-order valence-corrected chi connectivity index (χ3v) is 8.12. The van der Waals surface area contributed by atoms with Gasteiger partial charge in [-0.05, 0) is 42.7 Å². The number of hydrogen-bond donors (Lipinski definition) is 0. The summed E-state index contributed by atoms with van der Waals surface area (Å²) < 4.78 is 21.6. The van der Waals surface area contributed by atoms with Gasteiger partial charge in [0.25, 0.3) is 5.91 Å². The maximum absolute atomic E-state index is 15.0. The molecule has 4 aromatic rings. The molecule has 10 nitrogen and oxygen atoms in total. The van der Waals surface area contributed by atoms with E-state index in [-0.39, 0.29) is 46.8 Å². The van der Waals surface area contributed by atoms with Crippen LogP contribution in [0.4, 0.5) is 10.2 Å². The number of hydrogen-bond acceptors (Lipinski definition) is 7. The summed E-state index contributed by atoms with van der Waals surface area (Å²) >= 11 is 6.77. The van der Waals surface area contributed by atoms with Gasteiger partial charge in [0.15, 0.2) is 11.8 Å². The summed E-state index contributed by atoms with van der Waals surface area (Å²) in [6.07, 6.45) is 1.24. The zero-order valence-electron chi connectivity index (χ0n) is 23.9. The number of epoxide rings is 1. The number of halogens is 2. The van der Waals surface area contributed by atoms with Gasteiger partial charge in [-0.25, -0.2) is 25.3 Å². The summed E-state index contributed by atoms with van der Waals surface area (Å²) in [6.45, 7) is 14.8. The first kappa shape index (κ1) is 28.7. The molecule has 2 aliphatic heterocycles. The van der Waals surface area contributed by atoms with Crippen LogP contribution in [0.25, 0.3) is 32.8 Å². The lowest BCUT2D eigenvalue weighted by molar-refractivity contribution is -0.134. The molecule has 0 N–H and O–H groups in total. The minimum absolute atomic E-state index is 0.0229. The lowest BCUT2D eigenvalue weighted by Gasteiger charge is -2.40. The molecule has 1 amide bonds. The molecular formula is C31H29ClFN7O3. The van der Waals surface area contributed by atoms with E-state index < -0.39 is 23.7 Å². The maximum atomic E-state index is 15.0. The zero-order chi connectivity index (χ0) is 30.4. The van der Waals surface area contributed by atoms with Crippen LogP contribution in [0.5, 0.6) is 0 Å². The molecule has 43 heavy (non-hydrogen) atoms. The highest BCUT2D eigenvalue weighted by Crippen LogP contribution is 2.36. The van der Waals surface area contributed by atoms with Crippen molar-refractivity contribution in [3.05, 3.63) is 86.6 Å².